The molecular formula is C21H19N3O5S. The Morgan fingerprint density at radius 3 is 2.50 bits per heavy atom. The first-order valence-corrected chi connectivity index (χ1v) is 10.3. The number of sulfonamides is 1. The van der Waals surface area contributed by atoms with Crippen LogP contribution in [0.25, 0.3) is 0 Å². The van der Waals surface area contributed by atoms with E-state index in [0.717, 1.165) is 0 Å². The van der Waals surface area contributed by atoms with Gasteiger partial charge >= 0.3 is 0 Å². The van der Waals surface area contributed by atoms with E-state index in [1.165, 1.54) is 49.7 Å². The number of nitrogens with one attached hydrogen (secondary N) is 2. The minimum Gasteiger partial charge on any atom is -0.508 e. The molecule has 0 aliphatic carbocycles. The molecule has 0 saturated heterocycles. The summed E-state index contributed by atoms with van der Waals surface area (Å²) in [6.45, 7) is 0. The van der Waals surface area contributed by atoms with E-state index in [1.54, 1.807) is 36.4 Å². The van der Waals surface area contributed by atoms with Crippen LogP contribution in [0, 0.1) is 0 Å². The number of anilines is 1. The predicted octanol–water partition coefficient (Wildman–Crippen LogP) is 2.97. The number of carbonyl (C=O) groups excluding carboxylic acids is 1. The van der Waals surface area contributed by atoms with Crippen LogP contribution in [0.3, 0.4) is 0 Å². The summed E-state index contributed by atoms with van der Waals surface area (Å²) in [5.74, 6) is -0.0751. The maximum Gasteiger partial charge on any atom is 0.271 e. The molecule has 0 aliphatic heterocycles. The molecule has 0 fully saturated rings. The van der Waals surface area contributed by atoms with Crippen LogP contribution in [0.15, 0.2) is 82.8 Å². The van der Waals surface area contributed by atoms with E-state index in [9.17, 15) is 18.3 Å². The van der Waals surface area contributed by atoms with Gasteiger partial charge in [-0.1, -0.05) is 18.2 Å². The van der Waals surface area contributed by atoms with Crippen molar-refractivity contribution in [3.8, 4) is 11.5 Å². The van der Waals surface area contributed by atoms with Gasteiger partial charge in [-0.2, -0.15) is 5.10 Å². The monoisotopic (exact) mass is 425 g/mol. The van der Waals surface area contributed by atoms with Crippen LogP contribution < -0.4 is 14.9 Å². The third-order valence-electron chi connectivity index (χ3n) is 4.03. The average Bonchev–Trinajstić information content (AvgIpc) is 2.75. The smallest absolute Gasteiger partial charge is 0.271 e. The number of benzene rings is 3. The molecule has 0 spiro atoms. The van der Waals surface area contributed by atoms with Gasteiger partial charge in [0.2, 0.25) is 0 Å². The summed E-state index contributed by atoms with van der Waals surface area (Å²) in [5.41, 5.74) is 3.42. The Balaban J connectivity index is 1.74. The summed E-state index contributed by atoms with van der Waals surface area (Å²) in [7, 11) is -2.50. The van der Waals surface area contributed by atoms with Crippen LogP contribution in [0.5, 0.6) is 11.5 Å². The Hall–Kier alpha value is -3.85. The summed E-state index contributed by atoms with van der Waals surface area (Å²) in [6, 6.07) is 18.4. The summed E-state index contributed by atoms with van der Waals surface area (Å²) in [6.07, 6.45) is 1.40. The third-order valence-corrected chi connectivity index (χ3v) is 5.39. The van der Waals surface area contributed by atoms with E-state index >= 15 is 0 Å². The zero-order valence-electron chi connectivity index (χ0n) is 15.9. The van der Waals surface area contributed by atoms with Crippen molar-refractivity contribution >= 4 is 27.8 Å². The first kappa shape index (κ1) is 20.9. The Morgan fingerprint density at radius 1 is 1.03 bits per heavy atom. The molecule has 0 unspecified atom stereocenters. The van der Waals surface area contributed by atoms with Crippen LogP contribution in [-0.4, -0.2) is 32.8 Å². The Bertz CT molecular complexity index is 1180. The topological polar surface area (TPSA) is 117 Å². The molecule has 154 valence electrons. The minimum absolute atomic E-state index is 0.0800. The number of carbonyl (C=O) groups is 1. The maximum atomic E-state index is 12.7. The molecule has 3 N–H and O–H groups in total. The maximum absolute atomic E-state index is 12.7. The zero-order valence-corrected chi connectivity index (χ0v) is 16.8. The van der Waals surface area contributed by atoms with Crippen LogP contribution >= 0.6 is 0 Å². The number of amides is 1. The number of methoxy groups -OCH3 is 1. The molecule has 0 aromatic heterocycles. The van der Waals surface area contributed by atoms with Crippen LogP contribution in [0.2, 0.25) is 0 Å². The SMILES string of the molecule is COc1ccccc1NS(=O)(=O)c1cccc(C(=O)N/N=C/c2ccc(O)cc2)c1. The zero-order chi connectivity index (χ0) is 21.6. The molecule has 3 rings (SSSR count). The van der Waals surface area contributed by atoms with Crippen molar-refractivity contribution in [2.75, 3.05) is 11.8 Å². The molecule has 3 aromatic carbocycles. The van der Waals surface area contributed by atoms with Crippen molar-refractivity contribution in [3.63, 3.8) is 0 Å². The van der Waals surface area contributed by atoms with E-state index in [4.69, 9.17) is 4.74 Å². The van der Waals surface area contributed by atoms with Gasteiger partial charge in [0.1, 0.15) is 11.5 Å². The normalized spacial score (nSPS) is 11.2. The fraction of sp³-hybridized carbons (Fsp3) is 0.0476. The molecule has 30 heavy (non-hydrogen) atoms. The summed E-state index contributed by atoms with van der Waals surface area (Å²) >= 11 is 0. The summed E-state index contributed by atoms with van der Waals surface area (Å²) < 4.78 is 33.1. The summed E-state index contributed by atoms with van der Waals surface area (Å²) in [4.78, 5) is 12.2. The number of rotatable bonds is 7. The lowest BCUT2D eigenvalue weighted by Gasteiger charge is -2.12. The van der Waals surface area contributed by atoms with Crippen molar-refractivity contribution in [3.05, 3.63) is 83.9 Å². The molecule has 0 saturated carbocycles. The van der Waals surface area contributed by atoms with Crippen molar-refractivity contribution in [1.29, 1.82) is 0 Å². The number of hydrogen-bond acceptors (Lipinski definition) is 6. The second kappa shape index (κ2) is 9.10. The number of phenolic OH excluding ortho intramolecular Hbond substituents is 1. The highest BCUT2D eigenvalue weighted by atomic mass is 32.2. The predicted molar refractivity (Wildman–Crippen MR) is 113 cm³/mol. The van der Waals surface area contributed by atoms with Crippen molar-refractivity contribution in [2.45, 2.75) is 4.90 Å². The fourth-order valence-corrected chi connectivity index (χ4v) is 3.64. The van der Waals surface area contributed by atoms with E-state index in [0.29, 0.717) is 11.3 Å². The Morgan fingerprint density at radius 2 is 1.77 bits per heavy atom. The second-order valence-corrected chi connectivity index (χ2v) is 7.81. The second-order valence-electron chi connectivity index (χ2n) is 6.12. The van der Waals surface area contributed by atoms with Crippen molar-refractivity contribution in [1.82, 2.24) is 5.43 Å². The molecule has 0 atom stereocenters. The quantitative estimate of drug-likeness (QED) is 0.397. The number of nitrogens with zero attached hydrogens (tertiary/aromatic N) is 1. The number of ether oxygens (including phenoxy) is 1. The third kappa shape index (κ3) is 5.15. The van der Waals surface area contributed by atoms with Gasteiger partial charge in [-0.05, 0) is 60.2 Å². The van der Waals surface area contributed by atoms with E-state index in [-0.39, 0.29) is 21.9 Å². The summed E-state index contributed by atoms with van der Waals surface area (Å²) in [5, 5.41) is 13.1. The lowest BCUT2D eigenvalue weighted by Crippen LogP contribution is -2.19. The van der Waals surface area contributed by atoms with E-state index < -0.39 is 15.9 Å². The van der Waals surface area contributed by atoms with Crippen LogP contribution in [-0.2, 0) is 10.0 Å². The Labute approximate surface area is 173 Å². The largest absolute Gasteiger partial charge is 0.508 e. The number of hydrogen-bond donors (Lipinski definition) is 3. The van der Waals surface area contributed by atoms with Crippen LogP contribution in [0.1, 0.15) is 15.9 Å². The fourth-order valence-electron chi connectivity index (χ4n) is 2.53. The highest BCUT2D eigenvalue weighted by molar-refractivity contribution is 7.92. The van der Waals surface area contributed by atoms with Gasteiger partial charge in [-0.3, -0.25) is 9.52 Å². The van der Waals surface area contributed by atoms with Gasteiger partial charge in [0, 0.05) is 5.56 Å². The van der Waals surface area contributed by atoms with Gasteiger partial charge in [0.15, 0.2) is 0 Å². The standard InChI is InChI=1S/C21H19N3O5S/c1-29-20-8-3-2-7-19(20)24-30(27,28)18-6-4-5-16(13-18)21(26)23-22-14-15-9-11-17(25)12-10-15/h2-14,24-25H,1H3,(H,23,26)/b22-14+. The van der Waals surface area contributed by atoms with Gasteiger partial charge < -0.3 is 9.84 Å². The Kier molecular flexibility index (Phi) is 6.33. The van der Waals surface area contributed by atoms with E-state index in [1.807, 2.05) is 0 Å². The van der Waals surface area contributed by atoms with Gasteiger partial charge in [0.25, 0.3) is 15.9 Å². The van der Waals surface area contributed by atoms with Crippen molar-refractivity contribution < 1.29 is 23.1 Å². The van der Waals surface area contributed by atoms with Gasteiger partial charge in [-0.25, -0.2) is 13.8 Å². The van der Waals surface area contributed by atoms with Gasteiger partial charge in [-0.15, -0.1) is 0 Å². The first-order valence-electron chi connectivity index (χ1n) is 8.77. The molecule has 9 heteroatoms. The molecule has 0 bridgehead atoms. The lowest BCUT2D eigenvalue weighted by atomic mass is 10.2. The number of phenols is 1. The molecule has 1 amide bonds. The minimum atomic E-state index is -3.94. The number of para-hydroxylation sites is 2. The number of hydrazone groups is 1. The van der Waals surface area contributed by atoms with Gasteiger partial charge in [0.05, 0.1) is 23.9 Å². The molecule has 0 radical (unpaired) electrons. The number of aromatic hydroxyl groups is 1. The molecule has 0 heterocycles. The first-order chi connectivity index (χ1) is 14.4. The highest BCUT2D eigenvalue weighted by Crippen LogP contribution is 2.26. The van der Waals surface area contributed by atoms with E-state index in [2.05, 4.69) is 15.2 Å². The van der Waals surface area contributed by atoms with Crippen molar-refractivity contribution in [2.24, 2.45) is 5.10 Å². The molecular weight excluding hydrogens is 406 g/mol. The average molecular weight is 425 g/mol. The molecule has 8 nitrogen and oxygen atoms in total. The lowest BCUT2D eigenvalue weighted by molar-refractivity contribution is 0.0955. The highest BCUT2D eigenvalue weighted by Gasteiger charge is 2.18. The molecule has 0 aliphatic rings. The molecule has 3 aromatic rings. The van der Waals surface area contributed by atoms with Crippen LogP contribution in [0.4, 0.5) is 5.69 Å².